The highest BCUT2D eigenvalue weighted by Gasteiger charge is 2.10. The van der Waals surface area contributed by atoms with Gasteiger partial charge in [0.1, 0.15) is 5.82 Å². The van der Waals surface area contributed by atoms with Crippen molar-refractivity contribution in [3.63, 3.8) is 0 Å². The van der Waals surface area contributed by atoms with Gasteiger partial charge in [-0.1, -0.05) is 30.0 Å². The third kappa shape index (κ3) is 3.52. The molecule has 0 aliphatic heterocycles. The number of aromatic nitrogens is 3. The lowest BCUT2D eigenvalue weighted by atomic mass is 10.3. The number of thiophene rings is 1. The van der Waals surface area contributed by atoms with E-state index in [1.165, 1.54) is 23.9 Å². The maximum atomic E-state index is 13.4. The lowest BCUT2D eigenvalue weighted by Crippen LogP contribution is -2.15. The van der Waals surface area contributed by atoms with Gasteiger partial charge < -0.3 is 5.32 Å². The van der Waals surface area contributed by atoms with Crippen LogP contribution in [-0.2, 0) is 4.79 Å². The molecular formula is C14H11FN4OS2. The summed E-state index contributed by atoms with van der Waals surface area (Å²) >= 11 is 2.74. The van der Waals surface area contributed by atoms with Crippen LogP contribution in [-0.4, -0.2) is 26.8 Å². The number of hydrogen-bond acceptors (Lipinski definition) is 5. The highest BCUT2D eigenvalue weighted by molar-refractivity contribution is 7.99. The fourth-order valence-corrected chi connectivity index (χ4v) is 2.98. The first-order valence-electron chi connectivity index (χ1n) is 6.36. The van der Waals surface area contributed by atoms with E-state index in [1.807, 2.05) is 17.5 Å². The Morgan fingerprint density at radius 2 is 2.18 bits per heavy atom. The summed E-state index contributed by atoms with van der Waals surface area (Å²) in [7, 11) is 0. The molecule has 2 heterocycles. The second-order valence-electron chi connectivity index (χ2n) is 4.26. The Bertz CT molecular complexity index is 773. The SMILES string of the molecule is O=C(CSc1n[nH]c(-c2cccs2)n1)Nc1ccccc1F. The summed E-state index contributed by atoms with van der Waals surface area (Å²) in [5.74, 6) is 0.0131. The van der Waals surface area contributed by atoms with Crippen LogP contribution in [0, 0.1) is 5.82 Å². The first-order chi connectivity index (χ1) is 10.7. The van der Waals surface area contributed by atoms with Crippen molar-refractivity contribution >= 4 is 34.7 Å². The molecule has 0 radical (unpaired) electrons. The van der Waals surface area contributed by atoms with E-state index in [0.717, 1.165) is 4.88 Å². The summed E-state index contributed by atoms with van der Waals surface area (Å²) in [6, 6.07) is 9.90. The minimum Gasteiger partial charge on any atom is -0.323 e. The number of thioether (sulfide) groups is 1. The molecule has 0 aliphatic carbocycles. The van der Waals surface area contributed by atoms with Gasteiger partial charge in [0.05, 0.1) is 16.3 Å². The fourth-order valence-electron chi connectivity index (χ4n) is 1.71. The van der Waals surface area contributed by atoms with E-state index in [0.29, 0.717) is 11.0 Å². The predicted molar refractivity (Wildman–Crippen MR) is 85.4 cm³/mol. The molecule has 5 nitrogen and oxygen atoms in total. The normalized spacial score (nSPS) is 10.6. The molecule has 1 aromatic carbocycles. The van der Waals surface area contributed by atoms with Crippen molar-refractivity contribution < 1.29 is 9.18 Å². The molecule has 0 spiro atoms. The van der Waals surface area contributed by atoms with E-state index in [-0.39, 0.29) is 17.3 Å². The van der Waals surface area contributed by atoms with E-state index >= 15 is 0 Å². The second kappa shape index (κ2) is 6.71. The van der Waals surface area contributed by atoms with Gasteiger partial charge >= 0.3 is 0 Å². The van der Waals surface area contributed by atoms with Gasteiger partial charge in [-0.25, -0.2) is 9.37 Å². The van der Waals surface area contributed by atoms with E-state index in [4.69, 9.17) is 0 Å². The molecule has 112 valence electrons. The van der Waals surface area contributed by atoms with Crippen LogP contribution in [0.5, 0.6) is 0 Å². The molecule has 8 heteroatoms. The molecule has 0 aliphatic rings. The summed E-state index contributed by atoms with van der Waals surface area (Å²) in [4.78, 5) is 17.1. The number of halogens is 1. The first-order valence-corrected chi connectivity index (χ1v) is 8.22. The molecule has 0 saturated carbocycles. The van der Waals surface area contributed by atoms with E-state index in [1.54, 1.807) is 23.5 Å². The maximum Gasteiger partial charge on any atom is 0.234 e. The van der Waals surface area contributed by atoms with Crippen molar-refractivity contribution in [1.29, 1.82) is 0 Å². The number of benzene rings is 1. The van der Waals surface area contributed by atoms with Crippen LogP contribution < -0.4 is 5.32 Å². The van der Waals surface area contributed by atoms with Crippen LogP contribution >= 0.6 is 23.1 Å². The number of aromatic amines is 1. The van der Waals surface area contributed by atoms with Crippen LogP contribution in [0.2, 0.25) is 0 Å². The number of carbonyl (C=O) groups excluding carboxylic acids is 1. The zero-order valence-corrected chi connectivity index (χ0v) is 12.9. The molecular weight excluding hydrogens is 323 g/mol. The second-order valence-corrected chi connectivity index (χ2v) is 6.15. The van der Waals surface area contributed by atoms with Gasteiger partial charge in [-0.3, -0.25) is 9.89 Å². The van der Waals surface area contributed by atoms with Crippen LogP contribution in [0.1, 0.15) is 0 Å². The summed E-state index contributed by atoms with van der Waals surface area (Å²) in [5, 5.41) is 11.8. The largest absolute Gasteiger partial charge is 0.323 e. The minimum absolute atomic E-state index is 0.107. The number of anilines is 1. The highest BCUT2D eigenvalue weighted by Crippen LogP contribution is 2.23. The topological polar surface area (TPSA) is 70.7 Å². The van der Waals surface area contributed by atoms with E-state index < -0.39 is 5.82 Å². The number of carbonyl (C=O) groups is 1. The molecule has 3 rings (SSSR count). The number of rotatable bonds is 5. The van der Waals surface area contributed by atoms with Crippen LogP contribution in [0.15, 0.2) is 46.9 Å². The number of para-hydroxylation sites is 1. The molecule has 0 unspecified atom stereocenters. The summed E-state index contributed by atoms with van der Waals surface area (Å²) < 4.78 is 13.4. The van der Waals surface area contributed by atoms with Gasteiger partial charge in [0, 0.05) is 0 Å². The van der Waals surface area contributed by atoms with Crippen molar-refractivity contribution in [3.05, 3.63) is 47.6 Å². The Morgan fingerprint density at radius 1 is 1.32 bits per heavy atom. The van der Waals surface area contributed by atoms with E-state index in [9.17, 15) is 9.18 Å². The third-order valence-corrected chi connectivity index (χ3v) is 4.42. The van der Waals surface area contributed by atoms with Gasteiger partial charge in [0.25, 0.3) is 0 Å². The smallest absolute Gasteiger partial charge is 0.234 e. The van der Waals surface area contributed by atoms with Crippen molar-refractivity contribution in [2.45, 2.75) is 5.16 Å². The number of nitrogens with one attached hydrogen (secondary N) is 2. The average Bonchev–Trinajstić information content (AvgIpc) is 3.18. The molecule has 3 aromatic rings. The lowest BCUT2D eigenvalue weighted by molar-refractivity contribution is -0.113. The standard InChI is InChI=1S/C14H11FN4OS2/c15-9-4-1-2-5-10(9)16-12(20)8-22-14-17-13(18-19-14)11-6-3-7-21-11/h1-7H,8H2,(H,16,20)(H,17,18,19). The molecule has 2 aromatic heterocycles. The van der Waals surface area contributed by atoms with Gasteiger partial charge in [-0.05, 0) is 23.6 Å². The zero-order chi connectivity index (χ0) is 15.4. The Kier molecular flexibility index (Phi) is 4.50. The lowest BCUT2D eigenvalue weighted by Gasteiger charge is -2.04. The zero-order valence-electron chi connectivity index (χ0n) is 11.2. The summed E-state index contributed by atoms with van der Waals surface area (Å²) in [6.07, 6.45) is 0. The quantitative estimate of drug-likeness (QED) is 0.702. The van der Waals surface area contributed by atoms with Gasteiger partial charge in [-0.2, -0.15) is 0 Å². The van der Waals surface area contributed by atoms with E-state index in [2.05, 4.69) is 20.5 Å². The van der Waals surface area contributed by atoms with Crippen molar-refractivity contribution in [2.24, 2.45) is 0 Å². The van der Waals surface area contributed by atoms with Gasteiger partial charge in [0.15, 0.2) is 5.82 Å². The Balaban J connectivity index is 1.56. The van der Waals surface area contributed by atoms with Crippen molar-refractivity contribution in [3.8, 4) is 10.7 Å². The summed E-state index contributed by atoms with van der Waals surface area (Å²) in [5.41, 5.74) is 0.169. The molecule has 22 heavy (non-hydrogen) atoms. The molecule has 2 N–H and O–H groups in total. The first kappa shape index (κ1) is 14.7. The van der Waals surface area contributed by atoms with Crippen LogP contribution in [0.3, 0.4) is 0 Å². The Hall–Kier alpha value is -2.19. The highest BCUT2D eigenvalue weighted by atomic mass is 32.2. The number of amides is 1. The maximum absolute atomic E-state index is 13.4. The van der Waals surface area contributed by atoms with Gasteiger partial charge in [-0.15, -0.1) is 16.4 Å². The van der Waals surface area contributed by atoms with Crippen molar-refractivity contribution in [1.82, 2.24) is 15.2 Å². The summed E-state index contributed by atoms with van der Waals surface area (Å²) in [6.45, 7) is 0. The molecule has 0 saturated heterocycles. The fraction of sp³-hybridized carbons (Fsp3) is 0.0714. The van der Waals surface area contributed by atoms with Crippen LogP contribution in [0.4, 0.5) is 10.1 Å². The third-order valence-electron chi connectivity index (χ3n) is 2.70. The predicted octanol–water partition coefficient (Wildman–Crippen LogP) is 3.40. The molecule has 0 bridgehead atoms. The van der Waals surface area contributed by atoms with Crippen LogP contribution in [0.25, 0.3) is 10.7 Å². The Labute approximate surface area is 134 Å². The van der Waals surface area contributed by atoms with Crippen molar-refractivity contribution in [2.75, 3.05) is 11.1 Å². The van der Waals surface area contributed by atoms with Gasteiger partial charge in [0.2, 0.25) is 11.1 Å². The minimum atomic E-state index is -0.460. The Morgan fingerprint density at radius 3 is 2.95 bits per heavy atom. The molecule has 0 fully saturated rings. The molecule has 0 atom stereocenters. The number of H-pyrrole nitrogens is 1. The molecule has 1 amide bonds. The average molecular weight is 334 g/mol. The monoisotopic (exact) mass is 334 g/mol. The number of nitrogens with zero attached hydrogens (tertiary/aromatic N) is 2. The number of hydrogen-bond donors (Lipinski definition) is 2.